The third-order valence-electron chi connectivity index (χ3n) is 2.69. The number of carbonyl (C=O) groups is 1. The summed E-state index contributed by atoms with van der Waals surface area (Å²) in [7, 11) is 0. The first kappa shape index (κ1) is 12.6. The van der Waals surface area contributed by atoms with Crippen molar-refractivity contribution in [3.05, 3.63) is 35.5 Å². The molecule has 2 aromatic rings. The Labute approximate surface area is 110 Å². The summed E-state index contributed by atoms with van der Waals surface area (Å²) in [5.41, 5.74) is 0.409. The van der Waals surface area contributed by atoms with Gasteiger partial charge < -0.3 is 10.4 Å². The SMILES string of the molecule is CC(C)(Nc1ccnc2cc(Cl)ccc12)C(=O)O. The Balaban J connectivity index is 2.49. The number of benzene rings is 1. The van der Waals surface area contributed by atoms with Crippen LogP contribution in [0.2, 0.25) is 5.02 Å². The number of aliphatic carboxylic acids is 1. The summed E-state index contributed by atoms with van der Waals surface area (Å²) in [6, 6.07) is 7.08. The Morgan fingerprint density at radius 3 is 2.78 bits per heavy atom. The number of halogens is 1. The molecule has 94 valence electrons. The number of carboxylic acid groups (broad SMARTS) is 1. The molecule has 0 bridgehead atoms. The highest BCUT2D eigenvalue weighted by Gasteiger charge is 2.27. The second-order valence-electron chi connectivity index (χ2n) is 4.58. The highest BCUT2D eigenvalue weighted by Crippen LogP contribution is 2.26. The van der Waals surface area contributed by atoms with Crippen molar-refractivity contribution >= 4 is 34.2 Å². The highest BCUT2D eigenvalue weighted by molar-refractivity contribution is 6.31. The number of pyridine rings is 1. The zero-order valence-corrected chi connectivity index (χ0v) is 10.8. The Morgan fingerprint density at radius 2 is 2.11 bits per heavy atom. The second-order valence-corrected chi connectivity index (χ2v) is 5.01. The average molecular weight is 265 g/mol. The maximum absolute atomic E-state index is 11.1. The van der Waals surface area contributed by atoms with Crippen LogP contribution in [0.5, 0.6) is 0 Å². The molecular formula is C13H13ClN2O2. The van der Waals surface area contributed by atoms with Crippen molar-refractivity contribution in [3.63, 3.8) is 0 Å². The van der Waals surface area contributed by atoms with Crippen molar-refractivity contribution in [2.45, 2.75) is 19.4 Å². The highest BCUT2D eigenvalue weighted by atomic mass is 35.5. The van der Waals surface area contributed by atoms with Gasteiger partial charge in [0.25, 0.3) is 0 Å². The molecule has 0 aliphatic carbocycles. The summed E-state index contributed by atoms with van der Waals surface area (Å²) in [6.07, 6.45) is 1.62. The minimum atomic E-state index is -1.05. The Morgan fingerprint density at radius 1 is 1.39 bits per heavy atom. The Kier molecular flexibility index (Phi) is 3.13. The third kappa shape index (κ3) is 2.38. The van der Waals surface area contributed by atoms with E-state index in [1.807, 2.05) is 6.07 Å². The third-order valence-corrected chi connectivity index (χ3v) is 2.92. The van der Waals surface area contributed by atoms with Gasteiger partial charge in [0, 0.05) is 22.3 Å². The monoisotopic (exact) mass is 264 g/mol. The van der Waals surface area contributed by atoms with Crippen LogP contribution in [-0.4, -0.2) is 21.6 Å². The molecule has 0 atom stereocenters. The number of fused-ring (bicyclic) bond motifs is 1. The van der Waals surface area contributed by atoms with E-state index in [2.05, 4.69) is 10.3 Å². The fourth-order valence-corrected chi connectivity index (χ4v) is 1.79. The summed E-state index contributed by atoms with van der Waals surface area (Å²) < 4.78 is 0. The van der Waals surface area contributed by atoms with E-state index in [-0.39, 0.29) is 0 Å². The van der Waals surface area contributed by atoms with Gasteiger partial charge in [-0.05, 0) is 38.1 Å². The smallest absolute Gasteiger partial charge is 0.328 e. The molecular weight excluding hydrogens is 252 g/mol. The molecule has 0 aliphatic rings. The first-order valence-corrected chi connectivity index (χ1v) is 5.84. The van der Waals surface area contributed by atoms with Gasteiger partial charge in [0.15, 0.2) is 0 Å². The molecule has 0 unspecified atom stereocenters. The zero-order valence-electron chi connectivity index (χ0n) is 10.1. The van der Waals surface area contributed by atoms with E-state index >= 15 is 0 Å². The molecule has 1 aromatic heterocycles. The number of hydrogen-bond donors (Lipinski definition) is 2. The predicted octanol–water partition coefficient (Wildman–Crippen LogP) is 3.16. The quantitative estimate of drug-likeness (QED) is 0.894. The lowest BCUT2D eigenvalue weighted by Crippen LogP contribution is -2.40. The predicted molar refractivity (Wildman–Crippen MR) is 72.1 cm³/mol. The molecule has 5 heteroatoms. The first-order chi connectivity index (χ1) is 8.40. The molecule has 18 heavy (non-hydrogen) atoms. The lowest BCUT2D eigenvalue weighted by atomic mass is 10.0. The normalized spacial score (nSPS) is 11.5. The number of rotatable bonds is 3. The topological polar surface area (TPSA) is 62.2 Å². The molecule has 2 rings (SSSR count). The summed E-state index contributed by atoms with van der Waals surface area (Å²) >= 11 is 5.90. The van der Waals surface area contributed by atoms with Gasteiger partial charge in [-0.3, -0.25) is 4.98 Å². The number of carboxylic acids is 1. The maximum Gasteiger partial charge on any atom is 0.328 e. The van der Waals surface area contributed by atoms with Crippen LogP contribution in [0.25, 0.3) is 10.9 Å². The standard InChI is InChI=1S/C13H13ClN2O2/c1-13(2,12(17)18)16-10-5-6-15-11-7-8(14)3-4-9(10)11/h3-7H,1-2H3,(H,15,16)(H,17,18). The lowest BCUT2D eigenvalue weighted by Gasteiger charge is -2.23. The van der Waals surface area contributed by atoms with Gasteiger partial charge in [0.05, 0.1) is 5.52 Å². The fraction of sp³-hybridized carbons (Fsp3) is 0.231. The van der Waals surface area contributed by atoms with Crippen molar-refractivity contribution < 1.29 is 9.90 Å². The molecule has 0 saturated carbocycles. The average Bonchev–Trinajstić information content (AvgIpc) is 2.28. The van der Waals surface area contributed by atoms with E-state index in [0.29, 0.717) is 5.02 Å². The maximum atomic E-state index is 11.1. The van der Waals surface area contributed by atoms with E-state index in [9.17, 15) is 4.79 Å². The first-order valence-electron chi connectivity index (χ1n) is 5.46. The summed E-state index contributed by atoms with van der Waals surface area (Å²) in [4.78, 5) is 15.3. The van der Waals surface area contributed by atoms with Gasteiger partial charge in [-0.25, -0.2) is 4.79 Å². The van der Waals surface area contributed by atoms with Crippen LogP contribution in [0.3, 0.4) is 0 Å². The van der Waals surface area contributed by atoms with Crippen LogP contribution in [0, 0.1) is 0 Å². The number of aromatic nitrogens is 1. The molecule has 0 aliphatic heterocycles. The number of nitrogens with one attached hydrogen (secondary N) is 1. The largest absolute Gasteiger partial charge is 0.480 e. The molecule has 1 aromatic carbocycles. The lowest BCUT2D eigenvalue weighted by molar-refractivity contribution is -0.141. The molecule has 0 radical (unpaired) electrons. The molecule has 4 nitrogen and oxygen atoms in total. The van der Waals surface area contributed by atoms with Gasteiger partial charge in [-0.15, -0.1) is 0 Å². The van der Waals surface area contributed by atoms with Crippen LogP contribution in [-0.2, 0) is 4.79 Å². The number of anilines is 1. The van der Waals surface area contributed by atoms with Gasteiger partial charge in [0.2, 0.25) is 0 Å². The van der Waals surface area contributed by atoms with Crippen molar-refractivity contribution in [3.8, 4) is 0 Å². The van der Waals surface area contributed by atoms with Crippen molar-refractivity contribution in [1.82, 2.24) is 4.98 Å². The Hall–Kier alpha value is -1.81. The fourth-order valence-electron chi connectivity index (χ4n) is 1.62. The van der Waals surface area contributed by atoms with Gasteiger partial charge >= 0.3 is 5.97 Å². The summed E-state index contributed by atoms with van der Waals surface area (Å²) in [6.45, 7) is 3.22. The van der Waals surface area contributed by atoms with Crippen LogP contribution in [0.15, 0.2) is 30.5 Å². The molecule has 0 spiro atoms. The molecule has 1 heterocycles. The number of nitrogens with zero attached hydrogens (tertiary/aromatic N) is 1. The van der Waals surface area contributed by atoms with Crippen molar-refractivity contribution in [2.75, 3.05) is 5.32 Å². The van der Waals surface area contributed by atoms with Crippen LogP contribution < -0.4 is 5.32 Å². The minimum absolute atomic E-state index is 0.602. The van der Waals surface area contributed by atoms with Crippen LogP contribution in [0.1, 0.15) is 13.8 Å². The van der Waals surface area contributed by atoms with E-state index in [0.717, 1.165) is 16.6 Å². The van der Waals surface area contributed by atoms with E-state index in [1.165, 1.54) is 0 Å². The van der Waals surface area contributed by atoms with E-state index in [1.54, 1.807) is 38.2 Å². The summed E-state index contributed by atoms with van der Waals surface area (Å²) in [5.74, 6) is -0.915. The molecule has 2 N–H and O–H groups in total. The van der Waals surface area contributed by atoms with E-state index < -0.39 is 11.5 Å². The van der Waals surface area contributed by atoms with Crippen molar-refractivity contribution in [1.29, 1.82) is 0 Å². The molecule has 0 amide bonds. The van der Waals surface area contributed by atoms with Gasteiger partial charge in [-0.2, -0.15) is 0 Å². The zero-order chi connectivity index (χ0) is 13.3. The van der Waals surface area contributed by atoms with Crippen molar-refractivity contribution in [2.24, 2.45) is 0 Å². The molecule has 0 fully saturated rings. The van der Waals surface area contributed by atoms with Crippen LogP contribution >= 0.6 is 11.6 Å². The second kappa shape index (κ2) is 4.46. The van der Waals surface area contributed by atoms with E-state index in [4.69, 9.17) is 16.7 Å². The summed E-state index contributed by atoms with van der Waals surface area (Å²) in [5, 5.41) is 13.6. The minimum Gasteiger partial charge on any atom is -0.480 e. The van der Waals surface area contributed by atoms with Gasteiger partial charge in [0.1, 0.15) is 5.54 Å². The Bertz CT molecular complexity index is 611. The van der Waals surface area contributed by atoms with Crippen LogP contribution in [0.4, 0.5) is 5.69 Å². The van der Waals surface area contributed by atoms with Gasteiger partial charge in [-0.1, -0.05) is 11.6 Å². The molecule has 0 saturated heterocycles. The number of hydrogen-bond acceptors (Lipinski definition) is 3.